The zero-order valence-corrected chi connectivity index (χ0v) is 21.1. The number of anilines is 2. The Bertz CT molecular complexity index is 1390. The van der Waals surface area contributed by atoms with E-state index in [1.807, 2.05) is 43.5 Å². The fraction of sp³-hybridized carbons (Fsp3) is 0.310. The number of nitriles is 1. The van der Waals surface area contributed by atoms with Crippen LogP contribution in [0.3, 0.4) is 0 Å². The molecule has 2 aromatic heterocycles. The van der Waals surface area contributed by atoms with Gasteiger partial charge in [-0.3, -0.25) is 9.88 Å². The Kier molecular flexibility index (Phi) is 6.90. The van der Waals surface area contributed by atoms with Gasteiger partial charge in [0.05, 0.1) is 11.3 Å². The number of H-pyrrole nitrogens is 1. The number of likely N-dealkylation sites (N-methyl/N-ethyl adjacent to an activating group) is 1. The van der Waals surface area contributed by atoms with E-state index in [0.29, 0.717) is 12.2 Å². The van der Waals surface area contributed by atoms with Crippen LogP contribution in [0.15, 0.2) is 54.9 Å². The third-order valence-corrected chi connectivity index (χ3v) is 7.07. The van der Waals surface area contributed by atoms with E-state index in [9.17, 15) is 5.26 Å². The predicted molar refractivity (Wildman–Crippen MR) is 145 cm³/mol. The number of aromatic nitrogens is 2. The Hall–Kier alpha value is -3.86. The molecule has 5 rings (SSSR count). The largest absolute Gasteiger partial charge is 0.492 e. The summed E-state index contributed by atoms with van der Waals surface area (Å²) in [6.07, 6.45) is 3.58. The predicted octanol–water partition coefficient (Wildman–Crippen LogP) is 5.09. The molecule has 0 spiro atoms. The first-order valence-corrected chi connectivity index (χ1v) is 12.4. The van der Waals surface area contributed by atoms with Gasteiger partial charge in [-0.05, 0) is 62.4 Å². The van der Waals surface area contributed by atoms with Crippen LogP contribution in [0, 0.1) is 25.2 Å². The number of fused-ring (bicyclic) bond motifs is 1. The SMILES string of the molecule is Cc1ncc(C#N)c(Nc2ccc3[nH]ccc3c2C)c1-c1ccc(OCCN2CCN(C)CC2)cc1. The lowest BCUT2D eigenvalue weighted by Gasteiger charge is -2.32. The molecule has 0 bridgehead atoms. The maximum absolute atomic E-state index is 9.87. The molecule has 0 amide bonds. The van der Waals surface area contributed by atoms with Crippen molar-refractivity contribution in [3.63, 3.8) is 0 Å². The van der Waals surface area contributed by atoms with Crippen molar-refractivity contribution < 1.29 is 4.74 Å². The molecule has 0 aliphatic carbocycles. The van der Waals surface area contributed by atoms with Gasteiger partial charge in [0.1, 0.15) is 18.4 Å². The molecule has 2 aromatic carbocycles. The van der Waals surface area contributed by atoms with Crippen molar-refractivity contribution in [2.24, 2.45) is 0 Å². The van der Waals surface area contributed by atoms with E-state index in [1.54, 1.807) is 6.20 Å². The van der Waals surface area contributed by atoms with Gasteiger partial charge in [-0.2, -0.15) is 5.26 Å². The standard InChI is InChI=1S/C29H32N6O/c1-20-25-10-11-31-27(25)9-8-26(20)33-29-23(18-30)19-32-21(2)28(29)22-4-6-24(7-5-22)36-17-16-35-14-12-34(3)13-15-35/h4-11,19,31H,12-17H2,1-3H3,(H,32,33). The van der Waals surface area contributed by atoms with Crippen molar-refractivity contribution in [3.05, 3.63) is 71.7 Å². The fourth-order valence-corrected chi connectivity index (χ4v) is 4.81. The van der Waals surface area contributed by atoms with Crippen molar-refractivity contribution in [2.45, 2.75) is 13.8 Å². The van der Waals surface area contributed by atoms with E-state index in [0.717, 1.165) is 83.1 Å². The maximum atomic E-state index is 9.87. The Morgan fingerprint density at radius 2 is 1.83 bits per heavy atom. The number of aromatic amines is 1. The zero-order chi connectivity index (χ0) is 25.1. The highest BCUT2D eigenvalue weighted by Gasteiger charge is 2.17. The van der Waals surface area contributed by atoms with Crippen molar-refractivity contribution in [1.82, 2.24) is 19.8 Å². The molecule has 1 fully saturated rings. The summed E-state index contributed by atoms with van der Waals surface area (Å²) in [5, 5.41) is 14.6. The second kappa shape index (κ2) is 10.4. The summed E-state index contributed by atoms with van der Waals surface area (Å²) in [4.78, 5) is 12.6. The van der Waals surface area contributed by atoms with Crippen molar-refractivity contribution in [2.75, 3.05) is 51.7 Å². The number of pyridine rings is 1. The molecule has 0 atom stereocenters. The summed E-state index contributed by atoms with van der Waals surface area (Å²) in [7, 11) is 2.17. The van der Waals surface area contributed by atoms with Crippen LogP contribution in [-0.2, 0) is 0 Å². The molecular formula is C29H32N6O. The van der Waals surface area contributed by atoms with Gasteiger partial charge in [0.25, 0.3) is 0 Å². The maximum Gasteiger partial charge on any atom is 0.119 e. The second-order valence-corrected chi connectivity index (χ2v) is 9.44. The van der Waals surface area contributed by atoms with Gasteiger partial charge < -0.3 is 19.9 Å². The van der Waals surface area contributed by atoms with E-state index < -0.39 is 0 Å². The lowest BCUT2D eigenvalue weighted by molar-refractivity contribution is 0.134. The number of rotatable bonds is 7. The van der Waals surface area contributed by atoms with Crippen LogP contribution in [0.4, 0.5) is 11.4 Å². The topological polar surface area (TPSA) is 80.2 Å². The van der Waals surface area contributed by atoms with Crippen LogP contribution in [0.1, 0.15) is 16.8 Å². The van der Waals surface area contributed by atoms with Crippen LogP contribution in [-0.4, -0.2) is 66.1 Å². The van der Waals surface area contributed by atoms with E-state index in [2.05, 4.69) is 57.3 Å². The summed E-state index contributed by atoms with van der Waals surface area (Å²) in [5.41, 5.74) is 7.24. The minimum atomic E-state index is 0.511. The van der Waals surface area contributed by atoms with Gasteiger partial charge >= 0.3 is 0 Å². The Morgan fingerprint density at radius 3 is 2.58 bits per heavy atom. The van der Waals surface area contributed by atoms with Gasteiger partial charge in [0, 0.05) is 73.0 Å². The molecule has 2 N–H and O–H groups in total. The number of hydrogen-bond acceptors (Lipinski definition) is 6. The fourth-order valence-electron chi connectivity index (χ4n) is 4.81. The number of benzene rings is 2. The number of piperazine rings is 1. The van der Waals surface area contributed by atoms with Gasteiger partial charge in [-0.1, -0.05) is 12.1 Å². The lowest BCUT2D eigenvalue weighted by Crippen LogP contribution is -2.45. The number of nitrogens with one attached hydrogen (secondary N) is 2. The molecule has 7 nitrogen and oxygen atoms in total. The van der Waals surface area contributed by atoms with E-state index in [1.165, 1.54) is 0 Å². The number of ether oxygens (including phenoxy) is 1. The summed E-state index contributed by atoms with van der Waals surface area (Å²) < 4.78 is 6.03. The first kappa shape index (κ1) is 23.9. The van der Waals surface area contributed by atoms with Crippen LogP contribution < -0.4 is 10.1 Å². The van der Waals surface area contributed by atoms with Crippen molar-refractivity contribution >= 4 is 22.3 Å². The van der Waals surface area contributed by atoms with Crippen LogP contribution in [0.5, 0.6) is 5.75 Å². The third-order valence-electron chi connectivity index (χ3n) is 7.07. The van der Waals surface area contributed by atoms with Crippen LogP contribution in [0.25, 0.3) is 22.0 Å². The van der Waals surface area contributed by atoms with Crippen molar-refractivity contribution in [3.8, 4) is 22.9 Å². The van der Waals surface area contributed by atoms with Gasteiger partial charge in [-0.25, -0.2) is 0 Å². The van der Waals surface area contributed by atoms with Gasteiger partial charge in [0.15, 0.2) is 0 Å². The van der Waals surface area contributed by atoms with Crippen LogP contribution >= 0.6 is 0 Å². The van der Waals surface area contributed by atoms with Crippen molar-refractivity contribution in [1.29, 1.82) is 5.26 Å². The molecule has 0 radical (unpaired) electrons. The molecule has 0 saturated carbocycles. The molecule has 1 aliphatic heterocycles. The first-order valence-electron chi connectivity index (χ1n) is 12.4. The highest BCUT2D eigenvalue weighted by Crippen LogP contribution is 2.37. The molecule has 1 saturated heterocycles. The number of nitrogens with zero attached hydrogens (tertiary/aromatic N) is 4. The monoisotopic (exact) mass is 480 g/mol. The van der Waals surface area contributed by atoms with E-state index in [-0.39, 0.29) is 0 Å². The number of aryl methyl sites for hydroxylation is 2. The molecule has 3 heterocycles. The highest BCUT2D eigenvalue weighted by molar-refractivity contribution is 5.92. The van der Waals surface area contributed by atoms with Gasteiger partial charge in [-0.15, -0.1) is 0 Å². The molecule has 1 aliphatic rings. The Morgan fingerprint density at radius 1 is 1.06 bits per heavy atom. The van der Waals surface area contributed by atoms with Crippen LogP contribution in [0.2, 0.25) is 0 Å². The minimum Gasteiger partial charge on any atom is -0.492 e. The quantitative estimate of drug-likeness (QED) is 0.384. The van der Waals surface area contributed by atoms with E-state index >= 15 is 0 Å². The summed E-state index contributed by atoms with van der Waals surface area (Å²) in [6.45, 7) is 10.1. The second-order valence-electron chi connectivity index (χ2n) is 9.44. The first-order chi connectivity index (χ1) is 17.5. The lowest BCUT2D eigenvalue weighted by atomic mass is 9.99. The molecule has 4 aromatic rings. The average Bonchev–Trinajstić information content (AvgIpc) is 3.38. The average molecular weight is 481 g/mol. The molecule has 0 unspecified atom stereocenters. The minimum absolute atomic E-state index is 0.511. The zero-order valence-electron chi connectivity index (χ0n) is 21.1. The highest BCUT2D eigenvalue weighted by atomic mass is 16.5. The molecular weight excluding hydrogens is 448 g/mol. The van der Waals surface area contributed by atoms with Gasteiger partial charge in [0.2, 0.25) is 0 Å². The molecule has 36 heavy (non-hydrogen) atoms. The molecule has 184 valence electrons. The third kappa shape index (κ3) is 4.92. The summed E-state index contributed by atoms with van der Waals surface area (Å²) in [5.74, 6) is 0.846. The Labute approximate surface area is 212 Å². The normalized spacial score (nSPS) is 14.6. The number of hydrogen-bond donors (Lipinski definition) is 2. The molecule has 7 heteroatoms. The summed E-state index contributed by atoms with van der Waals surface area (Å²) in [6, 6.07) is 16.6. The Balaban J connectivity index is 1.37. The van der Waals surface area contributed by atoms with E-state index in [4.69, 9.17) is 4.74 Å². The summed E-state index contributed by atoms with van der Waals surface area (Å²) >= 11 is 0. The smallest absolute Gasteiger partial charge is 0.119 e.